The fourth-order valence-electron chi connectivity index (χ4n) is 2.78. The lowest BCUT2D eigenvalue weighted by Crippen LogP contribution is -2.36. The number of carbonyl (C=O) groups excluding carboxylic acids is 2. The van der Waals surface area contributed by atoms with Crippen molar-refractivity contribution in [2.24, 2.45) is 0 Å². The summed E-state index contributed by atoms with van der Waals surface area (Å²) in [6, 6.07) is 12.2. The summed E-state index contributed by atoms with van der Waals surface area (Å²) in [6.07, 6.45) is 0. The summed E-state index contributed by atoms with van der Waals surface area (Å²) in [5, 5.41) is 5.34. The van der Waals surface area contributed by atoms with Crippen LogP contribution in [0.1, 0.15) is 46.5 Å². The smallest absolute Gasteiger partial charge is 0.251 e. The number of aryl methyl sites for hydroxylation is 2. The first-order chi connectivity index (χ1) is 14.1. The number of carbonyl (C=O) groups is 2. The highest BCUT2D eigenvalue weighted by Crippen LogP contribution is 2.10. The molecule has 0 aliphatic heterocycles. The van der Waals surface area contributed by atoms with Gasteiger partial charge in [0, 0.05) is 18.2 Å². The Hall–Kier alpha value is -2.71. The Morgan fingerprint density at radius 1 is 0.900 bits per heavy atom. The third-order valence-electron chi connectivity index (χ3n) is 4.46. The van der Waals surface area contributed by atoms with Gasteiger partial charge in [0.25, 0.3) is 5.91 Å². The van der Waals surface area contributed by atoms with Gasteiger partial charge in [0.2, 0.25) is 15.9 Å². The maximum absolute atomic E-state index is 12.2. The molecule has 0 spiro atoms. The Labute approximate surface area is 178 Å². The molecule has 2 aromatic rings. The quantitative estimate of drug-likeness (QED) is 0.566. The topological polar surface area (TPSA) is 104 Å². The summed E-state index contributed by atoms with van der Waals surface area (Å²) in [5.41, 5.74) is 4.14. The molecule has 0 fully saturated rings. The second-order valence-corrected chi connectivity index (χ2v) is 9.36. The number of amides is 2. The van der Waals surface area contributed by atoms with Crippen molar-refractivity contribution in [3.8, 4) is 0 Å². The van der Waals surface area contributed by atoms with Crippen LogP contribution in [0.25, 0.3) is 0 Å². The predicted molar refractivity (Wildman–Crippen MR) is 117 cm³/mol. The molecular formula is C22H29N3O4S. The molecule has 0 saturated heterocycles. The average Bonchev–Trinajstić information content (AvgIpc) is 2.66. The molecule has 30 heavy (non-hydrogen) atoms. The van der Waals surface area contributed by atoms with Gasteiger partial charge in [-0.15, -0.1) is 0 Å². The first-order valence-electron chi connectivity index (χ1n) is 9.75. The van der Waals surface area contributed by atoms with Crippen LogP contribution in [-0.2, 0) is 27.1 Å². The van der Waals surface area contributed by atoms with Gasteiger partial charge in [-0.05, 0) is 62.1 Å². The molecule has 0 bridgehead atoms. The number of rotatable bonds is 9. The van der Waals surface area contributed by atoms with Gasteiger partial charge in [0.05, 0.1) is 12.3 Å². The molecular weight excluding hydrogens is 402 g/mol. The minimum Gasteiger partial charge on any atom is -0.350 e. The monoisotopic (exact) mass is 431 g/mol. The van der Waals surface area contributed by atoms with Crippen LogP contribution in [0.15, 0.2) is 42.5 Å². The lowest BCUT2D eigenvalue weighted by Gasteiger charge is -2.10. The number of nitrogens with one attached hydrogen (secondary N) is 3. The van der Waals surface area contributed by atoms with E-state index in [0.717, 1.165) is 16.7 Å². The Morgan fingerprint density at radius 2 is 1.53 bits per heavy atom. The highest BCUT2D eigenvalue weighted by Gasteiger charge is 2.13. The van der Waals surface area contributed by atoms with Crippen LogP contribution in [0.5, 0.6) is 0 Å². The van der Waals surface area contributed by atoms with E-state index in [1.54, 1.807) is 50.2 Å². The maximum Gasteiger partial charge on any atom is 0.251 e. The van der Waals surface area contributed by atoms with Crippen LogP contribution in [-0.4, -0.2) is 32.8 Å². The molecule has 8 heteroatoms. The van der Waals surface area contributed by atoms with Crippen molar-refractivity contribution in [1.82, 2.24) is 15.4 Å². The van der Waals surface area contributed by atoms with Gasteiger partial charge in [-0.2, -0.15) is 0 Å². The number of hydrogen-bond donors (Lipinski definition) is 3. The molecule has 2 amide bonds. The first kappa shape index (κ1) is 23.6. The Morgan fingerprint density at radius 3 is 2.13 bits per heavy atom. The molecule has 7 nitrogen and oxygen atoms in total. The summed E-state index contributed by atoms with van der Waals surface area (Å²) in [6.45, 7) is 7.61. The van der Waals surface area contributed by atoms with Gasteiger partial charge in [0.1, 0.15) is 0 Å². The van der Waals surface area contributed by atoms with Gasteiger partial charge >= 0.3 is 0 Å². The zero-order chi connectivity index (χ0) is 22.3. The Kier molecular flexibility index (Phi) is 8.14. The van der Waals surface area contributed by atoms with Gasteiger partial charge in [-0.1, -0.05) is 30.3 Å². The van der Waals surface area contributed by atoms with Crippen LogP contribution in [0.4, 0.5) is 0 Å². The van der Waals surface area contributed by atoms with Crippen LogP contribution >= 0.6 is 0 Å². The molecule has 0 aromatic heterocycles. The number of benzene rings is 2. The second kappa shape index (κ2) is 10.4. The van der Waals surface area contributed by atoms with Crippen LogP contribution < -0.4 is 15.4 Å². The third-order valence-corrected chi connectivity index (χ3v) is 6.01. The summed E-state index contributed by atoms with van der Waals surface area (Å²) in [7, 11) is -3.38. The molecule has 0 saturated carbocycles. The van der Waals surface area contributed by atoms with E-state index in [1.165, 1.54) is 0 Å². The van der Waals surface area contributed by atoms with Crippen molar-refractivity contribution in [2.45, 2.75) is 46.0 Å². The lowest BCUT2D eigenvalue weighted by molar-refractivity contribution is -0.120. The zero-order valence-electron chi connectivity index (χ0n) is 17.8. The minimum absolute atomic E-state index is 0.0949. The van der Waals surface area contributed by atoms with Crippen molar-refractivity contribution in [1.29, 1.82) is 0 Å². The molecule has 0 unspecified atom stereocenters. The van der Waals surface area contributed by atoms with Gasteiger partial charge in [-0.3, -0.25) is 9.59 Å². The molecule has 162 valence electrons. The van der Waals surface area contributed by atoms with Crippen LogP contribution in [0, 0.1) is 13.8 Å². The maximum atomic E-state index is 12.2. The molecule has 2 aromatic carbocycles. The fraction of sp³-hybridized carbons (Fsp3) is 0.364. The van der Waals surface area contributed by atoms with Crippen molar-refractivity contribution < 1.29 is 18.0 Å². The van der Waals surface area contributed by atoms with Gasteiger partial charge < -0.3 is 10.6 Å². The van der Waals surface area contributed by atoms with Crippen LogP contribution in [0.3, 0.4) is 0 Å². The summed E-state index contributed by atoms with van der Waals surface area (Å²) in [4.78, 5) is 24.2. The van der Waals surface area contributed by atoms with Crippen LogP contribution in [0.2, 0.25) is 0 Å². The van der Waals surface area contributed by atoms with E-state index < -0.39 is 10.0 Å². The molecule has 0 atom stereocenters. The summed E-state index contributed by atoms with van der Waals surface area (Å²) >= 11 is 0. The highest BCUT2D eigenvalue weighted by atomic mass is 32.2. The van der Waals surface area contributed by atoms with E-state index in [1.807, 2.05) is 19.9 Å². The van der Waals surface area contributed by atoms with E-state index >= 15 is 0 Å². The van der Waals surface area contributed by atoms with E-state index in [-0.39, 0.29) is 36.7 Å². The third kappa shape index (κ3) is 7.61. The Bertz CT molecular complexity index is 1000. The number of hydrogen-bond acceptors (Lipinski definition) is 4. The molecule has 0 heterocycles. The largest absolute Gasteiger partial charge is 0.350 e. The van der Waals surface area contributed by atoms with Crippen molar-refractivity contribution in [2.75, 3.05) is 6.54 Å². The standard InChI is InChI=1S/C22H29N3O4S/c1-15(2)25-30(28,29)14-19-8-6-18(7-9-19)12-23-21(26)13-24-22(27)20-10-5-16(3)17(4)11-20/h5-11,15,25H,12-14H2,1-4H3,(H,23,26)(H,24,27). The van der Waals surface area contributed by atoms with E-state index in [9.17, 15) is 18.0 Å². The SMILES string of the molecule is Cc1ccc(C(=O)NCC(=O)NCc2ccc(CS(=O)(=O)NC(C)C)cc2)cc1C. The lowest BCUT2D eigenvalue weighted by atomic mass is 10.1. The molecule has 3 N–H and O–H groups in total. The summed E-state index contributed by atoms with van der Waals surface area (Å²) in [5.74, 6) is -0.698. The van der Waals surface area contributed by atoms with E-state index in [0.29, 0.717) is 11.1 Å². The Balaban J connectivity index is 1.80. The van der Waals surface area contributed by atoms with Crippen molar-refractivity contribution in [3.05, 3.63) is 70.3 Å². The molecule has 0 aliphatic rings. The van der Waals surface area contributed by atoms with Gasteiger partial charge in [0.15, 0.2) is 0 Å². The highest BCUT2D eigenvalue weighted by molar-refractivity contribution is 7.88. The number of sulfonamides is 1. The average molecular weight is 432 g/mol. The van der Waals surface area contributed by atoms with Crippen molar-refractivity contribution >= 4 is 21.8 Å². The molecule has 2 rings (SSSR count). The van der Waals surface area contributed by atoms with Crippen molar-refractivity contribution in [3.63, 3.8) is 0 Å². The van der Waals surface area contributed by atoms with Gasteiger partial charge in [-0.25, -0.2) is 13.1 Å². The first-order valence-corrected chi connectivity index (χ1v) is 11.4. The fourth-order valence-corrected chi connectivity index (χ4v) is 4.21. The normalized spacial score (nSPS) is 11.4. The van der Waals surface area contributed by atoms with E-state index in [4.69, 9.17) is 0 Å². The predicted octanol–water partition coefficient (Wildman–Crippen LogP) is 2.18. The minimum atomic E-state index is -3.38. The molecule has 0 aliphatic carbocycles. The van der Waals surface area contributed by atoms with E-state index in [2.05, 4.69) is 15.4 Å². The second-order valence-electron chi connectivity index (χ2n) is 7.61. The zero-order valence-corrected chi connectivity index (χ0v) is 18.6. The summed E-state index contributed by atoms with van der Waals surface area (Å²) < 4.78 is 26.5. The molecule has 0 radical (unpaired) electrons.